The molecule has 2 rings (SSSR count). The molecule has 1 nitrogen and oxygen atoms in total. The second kappa shape index (κ2) is 4.45. The van der Waals surface area contributed by atoms with Gasteiger partial charge in [0.2, 0.25) is 0 Å². The average Bonchev–Trinajstić information content (AvgIpc) is 2.29. The molecule has 0 saturated carbocycles. The summed E-state index contributed by atoms with van der Waals surface area (Å²) in [4.78, 5) is 4.38. The number of pyridine rings is 1. The molecule has 0 unspecified atom stereocenters. The van der Waals surface area contributed by atoms with Gasteiger partial charge in [0.25, 0.3) is 0 Å². The largest absolute Gasteiger partial charge is 0.256 e. The zero-order valence-electron chi connectivity index (χ0n) is 8.57. The Morgan fingerprint density at radius 3 is 2.93 bits per heavy atom. The molecule has 0 aliphatic carbocycles. The van der Waals surface area contributed by atoms with E-state index in [1.165, 1.54) is 0 Å². The molecular formula is C13H12ClN. The Morgan fingerprint density at radius 2 is 2.13 bits per heavy atom. The van der Waals surface area contributed by atoms with Crippen LogP contribution in [0, 0.1) is 0 Å². The van der Waals surface area contributed by atoms with Crippen LogP contribution in [0.4, 0.5) is 0 Å². The number of alkyl halides is 1. The number of halogens is 1. The molecule has 0 aliphatic rings. The first-order valence-electron chi connectivity index (χ1n) is 4.88. The van der Waals surface area contributed by atoms with E-state index in [1.54, 1.807) is 0 Å². The van der Waals surface area contributed by atoms with Crippen LogP contribution >= 0.6 is 11.6 Å². The molecule has 1 aromatic heterocycles. The van der Waals surface area contributed by atoms with E-state index in [1.807, 2.05) is 25.3 Å². The van der Waals surface area contributed by atoms with E-state index in [0.29, 0.717) is 5.88 Å². The van der Waals surface area contributed by atoms with Gasteiger partial charge < -0.3 is 0 Å². The molecule has 2 aromatic rings. The monoisotopic (exact) mass is 217 g/mol. The lowest BCUT2D eigenvalue weighted by Crippen LogP contribution is -1.84. The normalized spacial score (nSPS) is 12.0. The van der Waals surface area contributed by atoms with Crippen molar-refractivity contribution in [3.63, 3.8) is 0 Å². The molecule has 0 fully saturated rings. The number of hydrogen-bond acceptors (Lipinski definition) is 1. The summed E-state index contributed by atoms with van der Waals surface area (Å²) in [5.74, 6) is 0.559. The summed E-state index contributed by atoms with van der Waals surface area (Å²) in [6.45, 7) is 2.02. The number of hydrogen-bond donors (Lipinski definition) is 0. The third-order valence-electron chi connectivity index (χ3n) is 2.28. The van der Waals surface area contributed by atoms with Crippen molar-refractivity contribution in [1.82, 2.24) is 4.98 Å². The third-order valence-corrected chi connectivity index (χ3v) is 2.70. The molecule has 0 atom stereocenters. The molecule has 0 amide bonds. The van der Waals surface area contributed by atoms with Gasteiger partial charge in [-0.1, -0.05) is 35.9 Å². The second-order valence-corrected chi connectivity index (χ2v) is 3.81. The summed E-state index contributed by atoms with van der Waals surface area (Å²) in [7, 11) is 0. The van der Waals surface area contributed by atoms with Crippen LogP contribution in [0.2, 0.25) is 0 Å². The maximum absolute atomic E-state index is 5.76. The molecule has 0 bridgehead atoms. The highest BCUT2D eigenvalue weighted by atomic mass is 35.5. The number of benzene rings is 1. The SMILES string of the molecule is CC(=Cc1cccc2cccnc12)CCl. The topological polar surface area (TPSA) is 12.9 Å². The number of nitrogens with zero attached hydrogens (tertiary/aromatic N) is 1. The average molecular weight is 218 g/mol. The number of para-hydroxylation sites is 1. The Balaban J connectivity index is 2.61. The van der Waals surface area contributed by atoms with Crippen molar-refractivity contribution in [3.8, 4) is 0 Å². The maximum atomic E-state index is 5.76. The van der Waals surface area contributed by atoms with Crippen LogP contribution in [0.1, 0.15) is 12.5 Å². The summed E-state index contributed by atoms with van der Waals surface area (Å²) in [6.07, 6.45) is 3.90. The van der Waals surface area contributed by atoms with Crippen molar-refractivity contribution >= 4 is 28.6 Å². The highest BCUT2D eigenvalue weighted by Gasteiger charge is 1.98. The molecule has 1 aromatic carbocycles. The standard InChI is InChI=1S/C13H12ClN/c1-10(9-14)8-12-5-2-4-11-6-3-7-15-13(11)12/h2-8H,9H2,1H3. The molecule has 0 aliphatic heterocycles. The molecule has 76 valence electrons. The molecular weight excluding hydrogens is 206 g/mol. The van der Waals surface area contributed by atoms with E-state index in [4.69, 9.17) is 11.6 Å². The van der Waals surface area contributed by atoms with Gasteiger partial charge in [-0.25, -0.2) is 0 Å². The van der Waals surface area contributed by atoms with Crippen LogP contribution < -0.4 is 0 Å². The fraction of sp³-hybridized carbons (Fsp3) is 0.154. The Labute approximate surface area is 94.4 Å². The molecule has 1 heterocycles. The molecule has 0 radical (unpaired) electrons. The summed E-state index contributed by atoms with van der Waals surface area (Å²) in [5.41, 5.74) is 3.31. The zero-order valence-corrected chi connectivity index (χ0v) is 9.33. The lowest BCUT2D eigenvalue weighted by atomic mass is 10.1. The first kappa shape index (κ1) is 10.2. The zero-order chi connectivity index (χ0) is 10.7. The van der Waals surface area contributed by atoms with Gasteiger partial charge in [-0.2, -0.15) is 0 Å². The van der Waals surface area contributed by atoms with E-state index in [-0.39, 0.29) is 0 Å². The van der Waals surface area contributed by atoms with Gasteiger partial charge in [0, 0.05) is 23.0 Å². The summed E-state index contributed by atoms with van der Waals surface area (Å²) < 4.78 is 0. The first-order chi connectivity index (χ1) is 7.31. The van der Waals surface area contributed by atoms with E-state index < -0.39 is 0 Å². The molecule has 15 heavy (non-hydrogen) atoms. The van der Waals surface area contributed by atoms with Crippen LogP contribution in [0.3, 0.4) is 0 Å². The van der Waals surface area contributed by atoms with Crippen molar-refractivity contribution < 1.29 is 0 Å². The second-order valence-electron chi connectivity index (χ2n) is 3.55. The minimum atomic E-state index is 0.559. The van der Waals surface area contributed by atoms with Gasteiger partial charge in [0.15, 0.2) is 0 Å². The van der Waals surface area contributed by atoms with Crippen LogP contribution in [-0.4, -0.2) is 10.9 Å². The quantitative estimate of drug-likeness (QED) is 0.696. The van der Waals surface area contributed by atoms with E-state index in [2.05, 4.69) is 29.3 Å². The molecule has 0 spiro atoms. The van der Waals surface area contributed by atoms with Crippen molar-refractivity contribution in [2.45, 2.75) is 6.92 Å². The van der Waals surface area contributed by atoms with Gasteiger partial charge in [-0.3, -0.25) is 4.98 Å². The Morgan fingerprint density at radius 1 is 1.33 bits per heavy atom. The molecule has 0 N–H and O–H groups in total. The molecule has 2 heteroatoms. The van der Waals surface area contributed by atoms with Crippen LogP contribution in [0.5, 0.6) is 0 Å². The highest BCUT2D eigenvalue weighted by molar-refractivity contribution is 6.19. The van der Waals surface area contributed by atoms with Crippen LogP contribution in [0.25, 0.3) is 17.0 Å². The number of allylic oxidation sites excluding steroid dienone is 1. The number of fused-ring (bicyclic) bond motifs is 1. The van der Waals surface area contributed by atoms with Gasteiger partial charge in [-0.15, -0.1) is 11.6 Å². The first-order valence-corrected chi connectivity index (χ1v) is 5.41. The van der Waals surface area contributed by atoms with Crippen molar-refractivity contribution in [2.75, 3.05) is 5.88 Å². The minimum absolute atomic E-state index is 0.559. The highest BCUT2D eigenvalue weighted by Crippen LogP contribution is 2.18. The Kier molecular flexibility index (Phi) is 3.02. The fourth-order valence-electron chi connectivity index (χ4n) is 1.55. The lowest BCUT2D eigenvalue weighted by molar-refractivity contribution is 1.39. The number of rotatable bonds is 2. The van der Waals surface area contributed by atoms with Crippen molar-refractivity contribution in [3.05, 3.63) is 47.7 Å². The predicted molar refractivity (Wildman–Crippen MR) is 66.1 cm³/mol. The summed E-state index contributed by atoms with van der Waals surface area (Å²) in [6, 6.07) is 10.2. The Hall–Kier alpha value is -1.34. The van der Waals surface area contributed by atoms with E-state index in [0.717, 1.165) is 22.0 Å². The van der Waals surface area contributed by atoms with Gasteiger partial charge in [0.1, 0.15) is 0 Å². The van der Waals surface area contributed by atoms with Crippen molar-refractivity contribution in [2.24, 2.45) is 0 Å². The third kappa shape index (κ3) is 2.18. The lowest BCUT2D eigenvalue weighted by Gasteiger charge is -2.01. The van der Waals surface area contributed by atoms with E-state index in [9.17, 15) is 0 Å². The van der Waals surface area contributed by atoms with Crippen molar-refractivity contribution in [1.29, 1.82) is 0 Å². The van der Waals surface area contributed by atoms with E-state index >= 15 is 0 Å². The van der Waals surface area contributed by atoms with Crippen LogP contribution in [0.15, 0.2) is 42.1 Å². The smallest absolute Gasteiger partial charge is 0.0774 e. The molecule has 0 saturated heterocycles. The van der Waals surface area contributed by atoms with Crippen LogP contribution in [-0.2, 0) is 0 Å². The maximum Gasteiger partial charge on any atom is 0.0774 e. The Bertz CT molecular complexity index is 497. The minimum Gasteiger partial charge on any atom is -0.256 e. The predicted octanol–water partition coefficient (Wildman–Crippen LogP) is 3.88. The fourth-order valence-corrected chi connectivity index (χ4v) is 1.63. The van der Waals surface area contributed by atoms with Gasteiger partial charge in [0.05, 0.1) is 5.52 Å². The van der Waals surface area contributed by atoms with Gasteiger partial charge in [-0.05, 0) is 13.0 Å². The van der Waals surface area contributed by atoms with Gasteiger partial charge >= 0.3 is 0 Å². The summed E-state index contributed by atoms with van der Waals surface area (Å²) in [5, 5.41) is 1.16. The number of aromatic nitrogens is 1. The summed E-state index contributed by atoms with van der Waals surface area (Å²) >= 11 is 5.76.